The molecule has 2 aromatic rings. The fourth-order valence-electron chi connectivity index (χ4n) is 3.75. The van der Waals surface area contributed by atoms with Gasteiger partial charge in [-0.05, 0) is 30.9 Å². The monoisotopic (exact) mass is 376 g/mol. The van der Waals surface area contributed by atoms with Crippen LogP contribution in [0.2, 0.25) is 0 Å². The zero-order chi connectivity index (χ0) is 19.4. The Hall–Kier alpha value is -2.38. The van der Waals surface area contributed by atoms with Gasteiger partial charge in [-0.1, -0.05) is 43.7 Å². The van der Waals surface area contributed by atoms with Gasteiger partial charge < -0.3 is 4.90 Å². The van der Waals surface area contributed by atoms with Crippen LogP contribution in [-0.4, -0.2) is 41.0 Å². The Balaban J connectivity index is 1.56. The molecular weight excluding hydrogens is 344 g/mol. The predicted octanol–water partition coefficient (Wildman–Crippen LogP) is 4.70. The molecule has 1 saturated heterocycles. The number of nitrogens with zero attached hydrogens (tertiary/aromatic N) is 4. The summed E-state index contributed by atoms with van der Waals surface area (Å²) in [4.78, 5) is 13.7. The molecule has 4 heteroatoms. The zero-order valence-electron chi connectivity index (χ0n) is 17.1. The summed E-state index contributed by atoms with van der Waals surface area (Å²) < 4.78 is 0. The van der Waals surface area contributed by atoms with E-state index in [1.54, 1.807) is 0 Å². The van der Waals surface area contributed by atoms with E-state index >= 15 is 0 Å². The van der Waals surface area contributed by atoms with E-state index in [1.807, 2.05) is 18.5 Å². The number of hydrogen-bond donors (Lipinski definition) is 0. The van der Waals surface area contributed by atoms with E-state index in [9.17, 15) is 0 Å². The summed E-state index contributed by atoms with van der Waals surface area (Å²) in [7, 11) is 0. The number of aromatic nitrogens is 2. The van der Waals surface area contributed by atoms with Crippen molar-refractivity contribution in [3.05, 3.63) is 54.4 Å². The molecule has 2 heterocycles. The Morgan fingerprint density at radius 2 is 1.57 bits per heavy atom. The van der Waals surface area contributed by atoms with E-state index < -0.39 is 0 Å². The predicted molar refractivity (Wildman–Crippen MR) is 116 cm³/mol. The molecule has 28 heavy (non-hydrogen) atoms. The third kappa shape index (κ3) is 6.07. The second kappa shape index (κ2) is 11.5. The zero-order valence-corrected chi connectivity index (χ0v) is 17.1. The Labute approximate surface area is 170 Å². The van der Waals surface area contributed by atoms with Crippen LogP contribution in [0.15, 0.2) is 48.8 Å². The molecular formula is C24H32N4. The van der Waals surface area contributed by atoms with Crippen LogP contribution in [0.1, 0.15) is 57.1 Å². The first-order valence-electron chi connectivity index (χ1n) is 10.6. The molecule has 0 radical (unpaired) electrons. The van der Waals surface area contributed by atoms with Gasteiger partial charge >= 0.3 is 0 Å². The van der Waals surface area contributed by atoms with Crippen LogP contribution in [0.5, 0.6) is 0 Å². The Bertz CT molecular complexity index is 727. The first-order valence-corrected chi connectivity index (χ1v) is 10.6. The summed E-state index contributed by atoms with van der Waals surface area (Å²) in [5.41, 5.74) is 1.42. The molecule has 0 bridgehead atoms. The molecule has 1 atom stereocenters. The van der Waals surface area contributed by atoms with Crippen molar-refractivity contribution in [3.63, 3.8) is 0 Å². The summed E-state index contributed by atoms with van der Waals surface area (Å²) >= 11 is 0. The maximum absolute atomic E-state index is 4.40. The van der Waals surface area contributed by atoms with Gasteiger partial charge in [0.05, 0.1) is 0 Å². The van der Waals surface area contributed by atoms with Crippen LogP contribution in [-0.2, 0) is 0 Å². The topological polar surface area (TPSA) is 32.3 Å². The summed E-state index contributed by atoms with van der Waals surface area (Å²) in [6, 6.07) is 13.3. The summed E-state index contributed by atoms with van der Waals surface area (Å²) in [5, 5.41) is 0. The largest absolute Gasteiger partial charge is 0.338 e. The van der Waals surface area contributed by atoms with Gasteiger partial charge in [-0.25, -0.2) is 9.97 Å². The molecule has 4 nitrogen and oxygen atoms in total. The van der Waals surface area contributed by atoms with Gasteiger partial charge in [0.2, 0.25) is 5.95 Å². The van der Waals surface area contributed by atoms with E-state index in [2.05, 4.69) is 68.9 Å². The number of hydrogen-bond acceptors (Lipinski definition) is 4. The number of piperazine rings is 1. The van der Waals surface area contributed by atoms with Crippen molar-refractivity contribution < 1.29 is 0 Å². The summed E-state index contributed by atoms with van der Waals surface area (Å²) in [6.45, 7) is 6.25. The lowest BCUT2D eigenvalue weighted by atomic mass is 9.98. The lowest BCUT2D eigenvalue weighted by molar-refractivity contribution is 0.174. The molecule has 1 aliphatic rings. The van der Waals surface area contributed by atoms with E-state index in [0.29, 0.717) is 6.04 Å². The number of rotatable bonds is 8. The van der Waals surface area contributed by atoms with Crippen molar-refractivity contribution in [2.45, 2.75) is 51.5 Å². The Kier molecular flexibility index (Phi) is 8.33. The smallest absolute Gasteiger partial charge is 0.225 e. The van der Waals surface area contributed by atoms with E-state index in [-0.39, 0.29) is 0 Å². The van der Waals surface area contributed by atoms with Crippen molar-refractivity contribution >= 4 is 5.95 Å². The van der Waals surface area contributed by atoms with Crippen LogP contribution < -0.4 is 4.90 Å². The lowest BCUT2D eigenvalue weighted by Crippen LogP contribution is -2.48. The van der Waals surface area contributed by atoms with Gasteiger partial charge in [0, 0.05) is 57.5 Å². The second-order valence-electron chi connectivity index (χ2n) is 7.35. The molecule has 0 aliphatic carbocycles. The average Bonchev–Trinajstić information content (AvgIpc) is 2.77. The molecule has 1 fully saturated rings. The van der Waals surface area contributed by atoms with Gasteiger partial charge in [-0.3, -0.25) is 4.90 Å². The number of anilines is 1. The van der Waals surface area contributed by atoms with Crippen LogP contribution >= 0.6 is 0 Å². The van der Waals surface area contributed by atoms with Gasteiger partial charge in [-0.2, -0.15) is 0 Å². The SMILES string of the molecule is CCCCC#CCCCC(c1ccccc1)N1CCN(c2ncccn2)CC1. The van der Waals surface area contributed by atoms with Gasteiger partial charge in [-0.15, -0.1) is 11.8 Å². The first kappa shape index (κ1) is 20.4. The van der Waals surface area contributed by atoms with Crippen LogP contribution in [0, 0.1) is 11.8 Å². The third-order valence-electron chi connectivity index (χ3n) is 5.33. The first-order chi connectivity index (χ1) is 13.9. The standard InChI is InChI=1S/C24H32N4/c1-2-3-4-5-6-7-11-15-23(22-13-9-8-10-14-22)27-18-20-28(21-19-27)24-25-16-12-17-26-24/h8-10,12-14,16-17,23H,2-4,7,11,15,18-21H2,1H3. The van der Waals surface area contributed by atoms with E-state index in [4.69, 9.17) is 0 Å². The van der Waals surface area contributed by atoms with Crippen molar-refractivity contribution in [1.29, 1.82) is 0 Å². The molecule has 0 spiro atoms. The Morgan fingerprint density at radius 3 is 2.25 bits per heavy atom. The maximum Gasteiger partial charge on any atom is 0.225 e. The molecule has 3 rings (SSSR count). The molecule has 0 saturated carbocycles. The fourth-order valence-corrected chi connectivity index (χ4v) is 3.75. The molecule has 1 aromatic carbocycles. The van der Waals surface area contributed by atoms with Crippen LogP contribution in [0.3, 0.4) is 0 Å². The van der Waals surface area contributed by atoms with Crippen molar-refractivity contribution in [3.8, 4) is 11.8 Å². The minimum Gasteiger partial charge on any atom is -0.338 e. The summed E-state index contributed by atoms with van der Waals surface area (Å²) in [6.07, 6.45) is 10.5. The van der Waals surface area contributed by atoms with Gasteiger partial charge in [0.25, 0.3) is 0 Å². The highest BCUT2D eigenvalue weighted by Crippen LogP contribution is 2.27. The van der Waals surface area contributed by atoms with Crippen molar-refractivity contribution in [2.75, 3.05) is 31.1 Å². The highest BCUT2D eigenvalue weighted by Gasteiger charge is 2.25. The molecule has 1 aliphatic heterocycles. The molecule has 148 valence electrons. The van der Waals surface area contributed by atoms with Gasteiger partial charge in [0.15, 0.2) is 0 Å². The van der Waals surface area contributed by atoms with Crippen LogP contribution in [0.25, 0.3) is 0 Å². The minimum atomic E-state index is 0.470. The van der Waals surface area contributed by atoms with E-state index in [1.165, 1.54) is 18.4 Å². The number of benzene rings is 1. The minimum absolute atomic E-state index is 0.470. The van der Waals surface area contributed by atoms with Crippen LogP contribution in [0.4, 0.5) is 5.95 Å². The molecule has 0 amide bonds. The molecule has 1 unspecified atom stereocenters. The molecule has 1 aromatic heterocycles. The lowest BCUT2D eigenvalue weighted by Gasteiger charge is -2.39. The second-order valence-corrected chi connectivity index (χ2v) is 7.35. The van der Waals surface area contributed by atoms with Crippen molar-refractivity contribution in [2.24, 2.45) is 0 Å². The van der Waals surface area contributed by atoms with Crippen molar-refractivity contribution in [1.82, 2.24) is 14.9 Å². The fraction of sp³-hybridized carbons (Fsp3) is 0.500. The summed E-state index contributed by atoms with van der Waals surface area (Å²) in [5.74, 6) is 7.53. The van der Waals surface area contributed by atoms with Gasteiger partial charge in [0.1, 0.15) is 0 Å². The highest BCUT2D eigenvalue weighted by atomic mass is 15.3. The number of unbranched alkanes of at least 4 members (excludes halogenated alkanes) is 3. The normalized spacial score (nSPS) is 15.7. The molecule has 0 N–H and O–H groups in total. The average molecular weight is 377 g/mol. The van der Waals surface area contributed by atoms with E-state index in [0.717, 1.165) is 57.8 Å². The highest BCUT2D eigenvalue weighted by molar-refractivity contribution is 5.29. The Morgan fingerprint density at radius 1 is 0.893 bits per heavy atom. The maximum atomic E-state index is 4.40. The quantitative estimate of drug-likeness (QED) is 0.494. The third-order valence-corrected chi connectivity index (χ3v) is 5.33.